The van der Waals surface area contributed by atoms with Crippen molar-refractivity contribution in [3.8, 4) is 0 Å². The van der Waals surface area contributed by atoms with Gasteiger partial charge >= 0.3 is 0 Å². The predicted octanol–water partition coefficient (Wildman–Crippen LogP) is 3.43. The summed E-state index contributed by atoms with van der Waals surface area (Å²) in [7, 11) is 0. The molecular weight excluding hydrogens is 338 g/mol. The molecule has 0 atom stereocenters. The molecule has 128 valence electrons. The number of rotatable bonds is 4. The van der Waals surface area contributed by atoms with Crippen molar-refractivity contribution in [2.45, 2.75) is 20.4 Å². The van der Waals surface area contributed by atoms with E-state index in [0.717, 1.165) is 22.4 Å². The second-order valence-electron chi connectivity index (χ2n) is 5.88. The zero-order valence-electron chi connectivity index (χ0n) is 14.0. The Labute approximate surface area is 150 Å². The number of carbonyl (C=O) groups is 1. The van der Waals surface area contributed by atoms with Gasteiger partial charge in [-0.3, -0.25) is 4.79 Å². The zero-order chi connectivity index (χ0) is 18.0. The first-order valence-electron chi connectivity index (χ1n) is 7.76. The average molecular weight is 356 g/mol. The fourth-order valence-corrected chi connectivity index (χ4v) is 2.54. The summed E-state index contributed by atoms with van der Waals surface area (Å²) < 4.78 is 1.49. The molecule has 0 aliphatic carbocycles. The first-order chi connectivity index (χ1) is 11.9. The highest BCUT2D eigenvalue weighted by Crippen LogP contribution is 2.19. The van der Waals surface area contributed by atoms with Gasteiger partial charge in [-0.2, -0.15) is 0 Å². The molecular formula is C18H18ClN5O. The van der Waals surface area contributed by atoms with Gasteiger partial charge in [-0.15, -0.1) is 5.10 Å². The second-order valence-corrected chi connectivity index (χ2v) is 6.32. The molecule has 1 amide bonds. The minimum absolute atomic E-state index is 0.106. The van der Waals surface area contributed by atoms with Crippen molar-refractivity contribution in [2.24, 2.45) is 0 Å². The number of benzene rings is 2. The van der Waals surface area contributed by atoms with E-state index < -0.39 is 0 Å². The Kier molecular flexibility index (Phi) is 4.72. The van der Waals surface area contributed by atoms with Crippen LogP contribution < -0.4 is 11.1 Å². The summed E-state index contributed by atoms with van der Waals surface area (Å²) in [6, 6.07) is 13.2. The van der Waals surface area contributed by atoms with Crippen molar-refractivity contribution in [2.75, 3.05) is 11.1 Å². The van der Waals surface area contributed by atoms with E-state index in [2.05, 4.69) is 15.6 Å². The van der Waals surface area contributed by atoms with E-state index in [1.165, 1.54) is 4.68 Å². The predicted molar refractivity (Wildman–Crippen MR) is 98.9 cm³/mol. The lowest BCUT2D eigenvalue weighted by Gasteiger charge is -2.08. The molecule has 1 heterocycles. The molecule has 0 unspecified atom stereocenters. The van der Waals surface area contributed by atoms with Crippen LogP contribution in [-0.2, 0) is 6.54 Å². The number of anilines is 2. The fourth-order valence-electron chi connectivity index (χ4n) is 2.41. The Hall–Kier alpha value is -2.86. The molecule has 6 nitrogen and oxygen atoms in total. The Morgan fingerprint density at radius 2 is 1.92 bits per heavy atom. The van der Waals surface area contributed by atoms with Crippen LogP contribution in [0.25, 0.3) is 0 Å². The molecule has 3 N–H and O–H groups in total. The number of nitrogens with zero attached hydrogens (tertiary/aromatic N) is 3. The second kappa shape index (κ2) is 6.94. The topological polar surface area (TPSA) is 85.8 Å². The van der Waals surface area contributed by atoms with Crippen molar-refractivity contribution in [1.29, 1.82) is 0 Å². The number of nitrogens with one attached hydrogen (secondary N) is 1. The molecule has 0 radical (unpaired) electrons. The maximum absolute atomic E-state index is 12.5. The SMILES string of the molecule is Cc1ccc(C)c(NC(=O)c2nnn(Cc3ccc(Cl)cc3)c2N)c1. The molecule has 0 aliphatic heterocycles. The van der Waals surface area contributed by atoms with E-state index in [9.17, 15) is 4.79 Å². The lowest BCUT2D eigenvalue weighted by molar-refractivity contribution is 0.102. The van der Waals surface area contributed by atoms with Crippen molar-refractivity contribution >= 4 is 29.0 Å². The van der Waals surface area contributed by atoms with Gasteiger partial charge in [0.05, 0.1) is 6.54 Å². The van der Waals surface area contributed by atoms with Crippen molar-refractivity contribution < 1.29 is 4.79 Å². The molecule has 3 rings (SSSR count). The molecule has 0 fully saturated rings. The smallest absolute Gasteiger partial charge is 0.280 e. The Balaban J connectivity index is 1.79. The van der Waals surface area contributed by atoms with Crippen LogP contribution in [0.5, 0.6) is 0 Å². The maximum atomic E-state index is 12.5. The number of nitrogen functional groups attached to an aromatic ring is 1. The Morgan fingerprint density at radius 3 is 2.64 bits per heavy atom. The molecule has 1 aromatic heterocycles. The van der Waals surface area contributed by atoms with Crippen molar-refractivity contribution in [3.05, 3.63) is 69.9 Å². The highest BCUT2D eigenvalue weighted by atomic mass is 35.5. The summed E-state index contributed by atoms with van der Waals surface area (Å²) in [6.07, 6.45) is 0. The standard InChI is InChI=1S/C18H18ClN5O/c1-11-3-4-12(2)15(9-11)21-18(25)16-17(20)24(23-22-16)10-13-5-7-14(19)8-6-13/h3-9H,10,20H2,1-2H3,(H,21,25). The molecule has 3 aromatic rings. The van der Waals surface area contributed by atoms with Gasteiger partial charge in [0.2, 0.25) is 0 Å². The third-order valence-corrected chi connectivity index (χ3v) is 4.13. The van der Waals surface area contributed by atoms with Crippen molar-refractivity contribution in [1.82, 2.24) is 15.0 Å². The molecule has 25 heavy (non-hydrogen) atoms. The minimum Gasteiger partial charge on any atom is -0.382 e. The number of hydrogen-bond acceptors (Lipinski definition) is 4. The number of halogens is 1. The van der Waals surface area contributed by atoms with E-state index in [0.29, 0.717) is 11.6 Å². The number of amides is 1. The summed E-state index contributed by atoms with van der Waals surface area (Å²) in [5.74, 6) is -0.161. The van der Waals surface area contributed by atoms with E-state index in [1.54, 1.807) is 12.1 Å². The summed E-state index contributed by atoms with van der Waals surface area (Å²) in [5, 5.41) is 11.4. The van der Waals surface area contributed by atoms with Gasteiger partial charge in [0, 0.05) is 10.7 Å². The lowest BCUT2D eigenvalue weighted by Crippen LogP contribution is -2.16. The van der Waals surface area contributed by atoms with Crippen LogP contribution in [0.2, 0.25) is 5.02 Å². The lowest BCUT2D eigenvalue weighted by atomic mass is 10.1. The number of aryl methyl sites for hydroxylation is 2. The number of nitrogens with two attached hydrogens (primary N) is 1. The van der Waals surface area contributed by atoms with Gasteiger partial charge in [-0.1, -0.05) is 41.1 Å². The summed E-state index contributed by atoms with van der Waals surface area (Å²) in [4.78, 5) is 12.5. The minimum atomic E-state index is -0.381. The Bertz CT molecular complexity index is 918. The summed E-state index contributed by atoms with van der Waals surface area (Å²) >= 11 is 5.88. The van der Waals surface area contributed by atoms with Gasteiger partial charge in [-0.05, 0) is 48.7 Å². The summed E-state index contributed by atoms with van der Waals surface area (Å²) in [6.45, 7) is 4.30. The number of hydrogen-bond donors (Lipinski definition) is 2. The molecule has 0 bridgehead atoms. The van der Waals surface area contributed by atoms with Crippen LogP contribution >= 0.6 is 11.6 Å². The van der Waals surface area contributed by atoms with Gasteiger partial charge < -0.3 is 11.1 Å². The monoisotopic (exact) mass is 355 g/mol. The normalized spacial score (nSPS) is 10.7. The van der Waals surface area contributed by atoms with Crippen LogP contribution in [0.4, 0.5) is 11.5 Å². The number of carbonyl (C=O) groups excluding carboxylic acids is 1. The van der Waals surface area contributed by atoms with Gasteiger partial charge in [0.15, 0.2) is 11.5 Å². The first kappa shape index (κ1) is 17.0. The highest BCUT2D eigenvalue weighted by molar-refractivity contribution is 6.30. The van der Waals surface area contributed by atoms with E-state index in [1.807, 2.05) is 44.2 Å². The number of aromatic nitrogens is 3. The molecule has 7 heteroatoms. The fraction of sp³-hybridized carbons (Fsp3) is 0.167. The zero-order valence-corrected chi connectivity index (χ0v) is 14.7. The van der Waals surface area contributed by atoms with Crippen LogP contribution in [-0.4, -0.2) is 20.9 Å². The van der Waals surface area contributed by atoms with E-state index in [4.69, 9.17) is 17.3 Å². The first-order valence-corrected chi connectivity index (χ1v) is 8.14. The third-order valence-electron chi connectivity index (χ3n) is 3.88. The van der Waals surface area contributed by atoms with Crippen molar-refractivity contribution in [3.63, 3.8) is 0 Å². The molecule has 0 aliphatic rings. The third kappa shape index (κ3) is 3.80. The quantitative estimate of drug-likeness (QED) is 0.750. The maximum Gasteiger partial charge on any atom is 0.280 e. The molecule has 0 spiro atoms. The van der Waals surface area contributed by atoms with Gasteiger partial charge in [-0.25, -0.2) is 4.68 Å². The largest absolute Gasteiger partial charge is 0.382 e. The molecule has 0 saturated heterocycles. The van der Waals surface area contributed by atoms with E-state index in [-0.39, 0.29) is 17.4 Å². The van der Waals surface area contributed by atoms with E-state index >= 15 is 0 Å². The summed E-state index contributed by atoms with van der Waals surface area (Å²) in [5.41, 5.74) is 9.87. The molecule has 0 saturated carbocycles. The Morgan fingerprint density at radius 1 is 1.20 bits per heavy atom. The van der Waals surface area contributed by atoms with Gasteiger partial charge in [0.25, 0.3) is 5.91 Å². The molecule has 2 aromatic carbocycles. The van der Waals surface area contributed by atoms with Gasteiger partial charge in [0.1, 0.15) is 0 Å². The van der Waals surface area contributed by atoms with Crippen LogP contribution in [0.15, 0.2) is 42.5 Å². The van der Waals surface area contributed by atoms with Crippen LogP contribution in [0, 0.1) is 13.8 Å². The van der Waals surface area contributed by atoms with Crippen LogP contribution in [0.1, 0.15) is 27.2 Å². The highest BCUT2D eigenvalue weighted by Gasteiger charge is 2.18. The average Bonchev–Trinajstić information content (AvgIpc) is 2.94. The van der Waals surface area contributed by atoms with Crippen LogP contribution in [0.3, 0.4) is 0 Å².